The third kappa shape index (κ3) is 1.80. The highest BCUT2D eigenvalue weighted by molar-refractivity contribution is 7.47. The van der Waals surface area contributed by atoms with Crippen LogP contribution in [-0.4, -0.2) is 5.91 Å². The van der Waals surface area contributed by atoms with Gasteiger partial charge in [0.1, 0.15) is 0 Å². The molecule has 1 amide bonds. The molecule has 3 heteroatoms. The minimum atomic E-state index is -0.324. The monoisotopic (exact) mass is 193 g/mol. The van der Waals surface area contributed by atoms with E-state index in [0.29, 0.717) is 5.56 Å². The lowest BCUT2D eigenvalue weighted by molar-refractivity contribution is 0.100. The van der Waals surface area contributed by atoms with Gasteiger partial charge < -0.3 is 0 Å². The Bertz CT molecular complexity index is 371. The SMILES string of the molecule is Cc1ccc(C(=O)N=S)c(C)c1C. The zero-order valence-electron chi connectivity index (χ0n) is 7.92. The van der Waals surface area contributed by atoms with E-state index in [9.17, 15) is 4.79 Å². The number of carbonyl (C=O) groups excluding carboxylic acids is 1. The summed E-state index contributed by atoms with van der Waals surface area (Å²) in [7, 11) is 0. The zero-order chi connectivity index (χ0) is 10.0. The summed E-state index contributed by atoms with van der Waals surface area (Å²) >= 11 is 4.37. The van der Waals surface area contributed by atoms with E-state index in [1.165, 1.54) is 5.56 Å². The highest BCUT2D eigenvalue weighted by atomic mass is 32.1. The lowest BCUT2D eigenvalue weighted by atomic mass is 9.99. The van der Waals surface area contributed by atoms with Gasteiger partial charge in [-0.3, -0.25) is 4.79 Å². The van der Waals surface area contributed by atoms with E-state index >= 15 is 0 Å². The number of hydrogen-bond donors (Lipinski definition) is 0. The molecule has 0 saturated carbocycles. The van der Waals surface area contributed by atoms with E-state index in [1.807, 2.05) is 26.8 Å². The largest absolute Gasteiger partial charge is 0.288 e. The third-order valence-electron chi connectivity index (χ3n) is 2.37. The fraction of sp³-hybridized carbons (Fsp3) is 0.300. The molecule has 0 heterocycles. The molecule has 0 spiro atoms. The van der Waals surface area contributed by atoms with Crippen molar-refractivity contribution in [3.05, 3.63) is 34.4 Å². The molecule has 0 aromatic heterocycles. The normalized spacial score (nSPS) is 9.77. The summed E-state index contributed by atoms with van der Waals surface area (Å²) in [6.45, 7) is 5.92. The Balaban J connectivity index is 3.33. The van der Waals surface area contributed by atoms with Crippen molar-refractivity contribution in [2.75, 3.05) is 0 Å². The summed E-state index contributed by atoms with van der Waals surface area (Å²) in [5.41, 5.74) is 3.89. The van der Waals surface area contributed by atoms with Gasteiger partial charge in [0.2, 0.25) is 0 Å². The first-order valence-electron chi connectivity index (χ1n) is 4.02. The molecule has 1 rings (SSSR count). The maximum atomic E-state index is 11.2. The summed E-state index contributed by atoms with van der Waals surface area (Å²) in [6.07, 6.45) is 0. The minimum Gasteiger partial charge on any atom is -0.266 e. The Morgan fingerprint density at radius 1 is 1.23 bits per heavy atom. The second kappa shape index (κ2) is 3.75. The Kier molecular flexibility index (Phi) is 2.88. The van der Waals surface area contributed by atoms with Crippen LogP contribution in [0.4, 0.5) is 0 Å². The van der Waals surface area contributed by atoms with Gasteiger partial charge in [0.15, 0.2) is 0 Å². The van der Waals surface area contributed by atoms with Gasteiger partial charge in [0.05, 0.1) is 0 Å². The van der Waals surface area contributed by atoms with E-state index < -0.39 is 0 Å². The molecule has 0 radical (unpaired) electrons. The second-order valence-electron chi connectivity index (χ2n) is 3.08. The summed E-state index contributed by atoms with van der Waals surface area (Å²) < 4.78 is 3.23. The van der Waals surface area contributed by atoms with E-state index in [0.717, 1.165) is 11.1 Å². The summed E-state index contributed by atoms with van der Waals surface area (Å²) in [5.74, 6) is -0.324. The molecule has 0 saturated heterocycles. The van der Waals surface area contributed by atoms with Crippen LogP contribution in [0.3, 0.4) is 0 Å². The minimum absolute atomic E-state index is 0.324. The van der Waals surface area contributed by atoms with Crippen LogP contribution in [0.5, 0.6) is 0 Å². The van der Waals surface area contributed by atoms with E-state index in [-0.39, 0.29) is 5.91 Å². The highest BCUT2D eigenvalue weighted by Gasteiger charge is 2.09. The standard InChI is InChI=1S/C10H11NOS/c1-6-4-5-9(10(12)11-13)8(3)7(6)2/h4-5H,1-3H3. The maximum Gasteiger partial charge on any atom is 0.288 e. The van der Waals surface area contributed by atoms with Gasteiger partial charge in [-0.2, -0.15) is 0 Å². The van der Waals surface area contributed by atoms with Crippen molar-refractivity contribution in [2.24, 2.45) is 4.36 Å². The number of benzene rings is 1. The van der Waals surface area contributed by atoms with Crippen LogP contribution < -0.4 is 0 Å². The number of amides is 1. The second-order valence-corrected chi connectivity index (χ2v) is 3.26. The van der Waals surface area contributed by atoms with Crippen molar-refractivity contribution in [1.29, 1.82) is 0 Å². The molecular weight excluding hydrogens is 182 g/mol. The van der Waals surface area contributed by atoms with Crippen LogP contribution >= 0.6 is 0 Å². The number of carbonyl (C=O) groups is 1. The van der Waals surface area contributed by atoms with Gasteiger partial charge in [0.25, 0.3) is 5.91 Å². The number of nitrogens with zero attached hydrogens (tertiary/aromatic N) is 1. The van der Waals surface area contributed by atoms with Crippen LogP contribution in [0, 0.1) is 20.8 Å². The fourth-order valence-electron chi connectivity index (χ4n) is 1.24. The van der Waals surface area contributed by atoms with Crippen molar-refractivity contribution in [2.45, 2.75) is 20.8 Å². The molecule has 2 nitrogen and oxygen atoms in total. The summed E-state index contributed by atoms with van der Waals surface area (Å²) in [6, 6.07) is 3.69. The summed E-state index contributed by atoms with van der Waals surface area (Å²) in [5, 5.41) is 0. The van der Waals surface area contributed by atoms with Crippen LogP contribution in [0.15, 0.2) is 16.5 Å². The average Bonchev–Trinajstić information content (AvgIpc) is 2.13. The van der Waals surface area contributed by atoms with Gasteiger partial charge >= 0.3 is 0 Å². The van der Waals surface area contributed by atoms with Crippen molar-refractivity contribution in [3.63, 3.8) is 0 Å². The van der Waals surface area contributed by atoms with Crippen molar-refractivity contribution < 1.29 is 4.79 Å². The Morgan fingerprint density at radius 3 is 2.38 bits per heavy atom. The Labute approximate surface area is 83.1 Å². The first-order valence-corrected chi connectivity index (χ1v) is 4.39. The molecule has 13 heavy (non-hydrogen) atoms. The molecule has 68 valence electrons. The third-order valence-corrected chi connectivity index (χ3v) is 2.54. The van der Waals surface area contributed by atoms with Gasteiger partial charge in [-0.05, 0) is 43.5 Å². The van der Waals surface area contributed by atoms with Crippen LogP contribution in [0.25, 0.3) is 0 Å². The Morgan fingerprint density at radius 2 is 1.85 bits per heavy atom. The zero-order valence-corrected chi connectivity index (χ0v) is 8.73. The average molecular weight is 193 g/mol. The molecule has 0 unspecified atom stereocenters. The Hall–Kier alpha value is -1.09. The molecule has 0 aliphatic heterocycles. The number of hydrogen-bond acceptors (Lipinski definition) is 2. The van der Waals surface area contributed by atoms with Crippen LogP contribution in [0.2, 0.25) is 0 Å². The predicted octanol–water partition coefficient (Wildman–Crippen LogP) is 2.48. The first kappa shape index (κ1) is 9.99. The molecule has 1 aromatic carbocycles. The van der Waals surface area contributed by atoms with Crippen LogP contribution in [-0.2, 0) is 12.4 Å². The van der Waals surface area contributed by atoms with Gasteiger partial charge in [-0.15, -0.1) is 4.36 Å². The smallest absolute Gasteiger partial charge is 0.266 e. The molecule has 0 aliphatic carbocycles. The quantitative estimate of drug-likeness (QED) is 0.685. The van der Waals surface area contributed by atoms with Crippen molar-refractivity contribution in [1.82, 2.24) is 0 Å². The first-order chi connectivity index (χ1) is 6.07. The van der Waals surface area contributed by atoms with E-state index in [2.05, 4.69) is 16.8 Å². The number of rotatable bonds is 1. The fourth-order valence-corrected chi connectivity index (χ4v) is 1.34. The van der Waals surface area contributed by atoms with Crippen molar-refractivity contribution in [3.8, 4) is 0 Å². The summed E-state index contributed by atoms with van der Waals surface area (Å²) in [4.78, 5) is 11.2. The van der Waals surface area contributed by atoms with Gasteiger partial charge in [-0.25, -0.2) is 0 Å². The maximum absolute atomic E-state index is 11.2. The van der Waals surface area contributed by atoms with E-state index in [1.54, 1.807) is 6.07 Å². The topological polar surface area (TPSA) is 29.4 Å². The van der Waals surface area contributed by atoms with Gasteiger partial charge in [0, 0.05) is 18.0 Å². The van der Waals surface area contributed by atoms with E-state index in [4.69, 9.17) is 0 Å². The molecule has 0 atom stereocenters. The molecule has 0 aliphatic rings. The highest BCUT2D eigenvalue weighted by Crippen LogP contribution is 2.17. The molecular formula is C10H11NOS. The van der Waals surface area contributed by atoms with Crippen molar-refractivity contribution >= 4 is 18.3 Å². The molecule has 1 aromatic rings. The lowest BCUT2D eigenvalue weighted by Crippen LogP contribution is -2.00. The molecule has 0 fully saturated rings. The van der Waals surface area contributed by atoms with Gasteiger partial charge in [-0.1, -0.05) is 6.07 Å². The molecule has 0 bridgehead atoms. The predicted molar refractivity (Wildman–Crippen MR) is 54.8 cm³/mol. The molecule has 0 N–H and O–H groups in total. The van der Waals surface area contributed by atoms with Crippen LogP contribution in [0.1, 0.15) is 27.0 Å². The number of aryl methyl sites for hydroxylation is 1. The lowest BCUT2D eigenvalue weighted by Gasteiger charge is -2.07.